The van der Waals surface area contributed by atoms with E-state index in [9.17, 15) is 24.3 Å². The van der Waals surface area contributed by atoms with Crippen LogP contribution in [0.5, 0.6) is 0 Å². The highest BCUT2D eigenvalue weighted by atomic mass is 16.6. The molecule has 0 aromatic carbocycles. The predicted octanol–water partition coefficient (Wildman–Crippen LogP) is -0.679. The van der Waals surface area contributed by atoms with Crippen molar-refractivity contribution >= 4 is 31.5 Å². The van der Waals surface area contributed by atoms with Crippen LogP contribution in [0.3, 0.4) is 0 Å². The van der Waals surface area contributed by atoms with E-state index in [0.717, 1.165) is 6.92 Å². The highest BCUT2D eigenvalue weighted by molar-refractivity contribution is 6.32. The third kappa shape index (κ3) is 9.92. The molecule has 0 rings (SSSR count). The molecule has 0 aliphatic rings. The van der Waals surface area contributed by atoms with E-state index >= 15 is 0 Å². The molecule has 0 spiro atoms. The lowest BCUT2D eigenvalue weighted by molar-refractivity contribution is -0.158. The second-order valence-corrected chi connectivity index (χ2v) is 4.53. The van der Waals surface area contributed by atoms with Gasteiger partial charge in [0.25, 0.3) is 0 Å². The van der Waals surface area contributed by atoms with Crippen molar-refractivity contribution in [2.45, 2.75) is 45.2 Å². The van der Waals surface area contributed by atoms with E-state index in [-0.39, 0.29) is 19.2 Å². The molecule has 2 unspecified atom stereocenters. The van der Waals surface area contributed by atoms with Crippen molar-refractivity contribution in [3.63, 3.8) is 0 Å². The van der Waals surface area contributed by atoms with Crippen LogP contribution in [0.1, 0.15) is 26.7 Å². The number of carbonyl (C=O) groups excluding carboxylic acids is 4. The van der Waals surface area contributed by atoms with Crippen molar-refractivity contribution in [3.05, 3.63) is 0 Å². The predicted molar refractivity (Wildman–Crippen MR) is 74.0 cm³/mol. The lowest BCUT2D eigenvalue weighted by Gasteiger charge is -2.12. The summed E-state index contributed by atoms with van der Waals surface area (Å²) in [5.74, 6) is -3.17. The maximum Gasteiger partial charge on any atom is 0.374 e. The summed E-state index contributed by atoms with van der Waals surface area (Å²) in [4.78, 5) is 44.0. The first-order chi connectivity index (χ1) is 10.3. The van der Waals surface area contributed by atoms with Crippen molar-refractivity contribution in [2.75, 3.05) is 13.2 Å². The van der Waals surface area contributed by atoms with Crippen LogP contribution in [0.2, 0.25) is 6.32 Å². The summed E-state index contributed by atoms with van der Waals surface area (Å²) in [6.07, 6.45) is -1.88. The lowest BCUT2D eigenvalue weighted by atomic mass is 10.0. The average molecular weight is 314 g/mol. The van der Waals surface area contributed by atoms with Crippen LogP contribution in [0.15, 0.2) is 0 Å². The van der Waals surface area contributed by atoms with E-state index in [2.05, 4.69) is 9.47 Å². The smallest absolute Gasteiger partial charge is 0.374 e. The Balaban J connectivity index is 3.82. The molecule has 9 heteroatoms. The van der Waals surface area contributed by atoms with E-state index < -0.39 is 49.1 Å². The van der Waals surface area contributed by atoms with Crippen LogP contribution in [0.25, 0.3) is 0 Å². The minimum absolute atomic E-state index is 0.168. The van der Waals surface area contributed by atoms with E-state index in [0.29, 0.717) is 0 Å². The van der Waals surface area contributed by atoms with Gasteiger partial charge in [-0.3, -0.25) is 14.4 Å². The van der Waals surface area contributed by atoms with E-state index in [1.54, 1.807) is 6.92 Å². The molecule has 0 fully saturated rings. The molecule has 0 aromatic rings. The van der Waals surface area contributed by atoms with Gasteiger partial charge in [0.1, 0.15) is 19.3 Å². The van der Waals surface area contributed by atoms with Crippen molar-refractivity contribution in [2.24, 2.45) is 0 Å². The molecule has 2 atom stereocenters. The molecule has 0 bridgehead atoms. The molecule has 0 amide bonds. The Morgan fingerprint density at radius 1 is 1.05 bits per heavy atom. The fraction of sp³-hybridized carbons (Fsp3) is 0.692. The van der Waals surface area contributed by atoms with Gasteiger partial charge < -0.3 is 19.3 Å². The first kappa shape index (κ1) is 20.1. The van der Waals surface area contributed by atoms with Gasteiger partial charge in [-0.15, -0.1) is 0 Å². The van der Waals surface area contributed by atoms with Crippen molar-refractivity contribution in [1.29, 1.82) is 0 Å². The van der Waals surface area contributed by atoms with Gasteiger partial charge in [-0.25, -0.2) is 4.79 Å². The molecule has 0 aliphatic carbocycles. The molecular weight excluding hydrogens is 295 g/mol. The van der Waals surface area contributed by atoms with Crippen molar-refractivity contribution in [3.8, 4) is 0 Å². The average Bonchev–Trinajstić information content (AvgIpc) is 2.47. The first-order valence-electron chi connectivity index (χ1n) is 6.67. The largest absolute Gasteiger partial charge is 0.463 e. The Bertz CT molecular complexity index is 409. The number of esters is 3. The molecule has 0 saturated heterocycles. The monoisotopic (exact) mass is 314 g/mol. The Morgan fingerprint density at radius 3 is 2.14 bits per heavy atom. The molecule has 2 radical (unpaired) electrons. The van der Waals surface area contributed by atoms with Gasteiger partial charge >= 0.3 is 17.9 Å². The number of ketones is 1. The van der Waals surface area contributed by atoms with Crippen LogP contribution in [-0.4, -0.2) is 62.1 Å². The first-order valence-corrected chi connectivity index (χ1v) is 6.67. The molecule has 8 nitrogen and oxygen atoms in total. The number of aliphatic hydroxyl groups is 1. The summed E-state index contributed by atoms with van der Waals surface area (Å²) in [6.45, 7) is 1.76. The standard InChI is InChI=1S/C13H19BO8/c1-8(5-14)22-12(18)4-3-11(17)20-6-10(16)7-21-13(19)9(2)15/h8,10,16H,3-7H2,1-2H3. The highest BCUT2D eigenvalue weighted by Crippen LogP contribution is 2.02. The van der Waals surface area contributed by atoms with Gasteiger partial charge in [0.15, 0.2) is 0 Å². The van der Waals surface area contributed by atoms with Crippen LogP contribution in [-0.2, 0) is 33.4 Å². The fourth-order valence-corrected chi connectivity index (χ4v) is 1.12. The second kappa shape index (κ2) is 10.8. The number of Topliss-reactive ketones (excluding diaryl/α,β-unsaturated/α-hetero) is 1. The molecule has 0 saturated carbocycles. The minimum atomic E-state index is -1.25. The van der Waals surface area contributed by atoms with E-state index in [4.69, 9.17) is 12.6 Å². The van der Waals surface area contributed by atoms with Gasteiger partial charge in [0, 0.05) is 6.92 Å². The van der Waals surface area contributed by atoms with Crippen LogP contribution in [0.4, 0.5) is 0 Å². The van der Waals surface area contributed by atoms with E-state index in [1.165, 1.54) is 0 Å². The van der Waals surface area contributed by atoms with Crippen LogP contribution >= 0.6 is 0 Å². The fourth-order valence-electron chi connectivity index (χ4n) is 1.12. The summed E-state index contributed by atoms with van der Waals surface area (Å²) in [5, 5.41) is 9.39. The molecule has 0 heterocycles. The SMILES string of the molecule is [B]CC(C)OC(=O)CCC(=O)OCC(O)COC(=O)C(C)=O. The summed E-state index contributed by atoms with van der Waals surface area (Å²) >= 11 is 0. The molecule has 0 aromatic heterocycles. The number of hydrogen-bond acceptors (Lipinski definition) is 8. The zero-order valence-electron chi connectivity index (χ0n) is 12.6. The van der Waals surface area contributed by atoms with Gasteiger partial charge in [-0.1, -0.05) is 6.32 Å². The Morgan fingerprint density at radius 2 is 1.59 bits per heavy atom. The van der Waals surface area contributed by atoms with Gasteiger partial charge in [0.2, 0.25) is 5.78 Å². The molecule has 122 valence electrons. The number of aliphatic hydroxyl groups excluding tert-OH is 1. The minimum Gasteiger partial charge on any atom is -0.463 e. The quantitative estimate of drug-likeness (QED) is 0.244. The van der Waals surface area contributed by atoms with Gasteiger partial charge in [-0.05, 0) is 6.92 Å². The molecular formula is C13H19BO8. The maximum absolute atomic E-state index is 11.3. The Hall–Kier alpha value is -1.90. The second-order valence-electron chi connectivity index (χ2n) is 4.53. The summed E-state index contributed by atoms with van der Waals surface area (Å²) in [7, 11) is 5.27. The summed E-state index contributed by atoms with van der Waals surface area (Å²) in [5.41, 5.74) is 0. The number of carbonyl (C=O) groups is 4. The maximum atomic E-state index is 11.3. The third-order valence-electron chi connectivity index (χ3n) is 2.33. The topological polar surface area (TPSA) is 116 Å². The normalized spacial score (nSPS) is 12.9. The van der Waals surface area contributed by atoms with Crippen LogP contribution < -0.4 is 0 Å². The summed E-state index contributed by atoms with van der Waals surface area (Å²) in [6, 6.07) is 0. The van der Waals surface area contributed by atoms with Gasteiger partial charge in [0.05, 0.1) is 26.8 Å². The molecule has 1 N–H and O–H groups in total. The number of rotatable bonds is 10. The Labute approximate surface area is 129 Å². The van der Waals surface area contributed by atoms with Crippen molar-refractivity contribution in [1.82, 2.24) is 0 Å². The Kier molecular flexibility index (Phi) is 9.85. The van der Waals surface area contributed by atoms with Crippen LogP contribution in [0, 0.1) is 0 Å². The molecule has 0 aliphatic heterocycles. The summed E-state index contributed by atoms with van der Waals surface area (Å²) < 4.78 is 14.0. The number of hydrogen-bond donors (Lipinski definition) is 1. The van der Waals surface area contributed by atoms with E-state index in [1.807, 2.05) is 0 Å². The van der Waals surface area contributed by atoms with Crippen molar-refractivity contribution < 1.29 is 38.5 Å². The zero-order chi connectivity index (χ0) is 17.1. The highest BCUT2D eigenvalue weighted by Gasteiger charge is 2.15. The zero-order valence-corrected chi connectivity index (χ0v) is 12.6. The van der Waals surface area contributed by atoms with Gasteiger partial charge in [-0.2, -0.15) is 0 Å². The molecule has 22 heavy (non-hydrogen) atoms. The third-order valence-corrected chi connectivity index (χ3v) is 2.33. The lowest BCUT2D eigenvalue weighted by Crippen LogP contribution is -2.27. The number of ether oxygens (including phenoxy) is 3.